The van der Waals surface area contributed by atoms with E-state index in [1.54, 1.807) is 0 Å². The van der Waals surface area contributed by atoms with E-state index in [1.165, 1.54) is 24.2 Å². The van der Waals surface area contributed by atoms with Crippen LogP contribution in [0.5, 0.6) is 0 Å². The van der Waals surface area contributed by atoms with Crippen molar-refractivity contribution in [2.24, 2.45) is 5.92 Å². The van der Waals surface area contributed by atoms with E-state index in [-0.39, 0.29) is 6.03 Å². The Morgan fingerprint density at radius 2 is 2.21 bits per heavy atom. The van der Waals surface area contributed by atoms with Gasteiger partial charge in [-0.15, -0.1) is 11.3 Å². The highest BCUT2D eigenvalue weighted by molar-refractivity contribution is 7.14. The second-order valence-corrected chi connectivity index (χ2v) is 6.33. The first-order valence-electron chi connectivity index (χ1n) is 6.97. The van der Waals surface area contributed by atoms with Crippen LogP contribution in [0.15, 0.2) is 17.5 Å². The Morgan fingerprint density at radius 1 is 1.47 bits per heavy atom. The zero-order valence-electron chi connectivity index (χ0n) is 11.7. The van der Waals surface area contributed by atoms with Gasteiger partial charge in [0.25, 0.3) is 0 Å². The van der Waals surface area contributed by atoms with Gasteiger partial charge < -0.3 is 10.2 Å². The summed E-state index contributed by atoms with van der Waals surface area (Å²) in [6.07, 6.45) is 2.36. The summed E-state index contributed by atoms with van der Waals surface area (Å²) >= 11 is 1.54. The molecule has 5 heteroatoms. The van der Waals surface area contributed by atoms with Crippen molar-refractivity contribution in [2.75, 3.05) is 25.0 Å². The third-order valence-corrected chi connectivity index (χ3v) is 4.47. The molecule has 1 aromatic heterocycles. The molecule has 1 aliphatic rings. The molecular weight excluding hydrogens is 258 g/mol. The van der Waals surface area contributed by atoms with Crippen LogP contribution in [0.25, 0.3) is 0 Å². The fraction of sp³-hybridized carbons (Fsp3) is 0.643. The summed E-state index contributed by atoms with van der Waals surface area (Å²) in [6, 6.07) is 4.39. The van der Waals surface area contributed by atoms with E-state index in [4.69, 9.17) is 0 Å². The summed E-state index contributed by atoms with van der Waals surface area (Å²) < 4.78 is 0. The second kappa shape index (κ2) is 6.91. The van der Waals surface area contributed by atoms with Crippen molar-refractivity contribution < 1.29 is 4.79 Å². The quantitative estimate of drug-likeness (QED) is 0.891. The van der Waals surface area contributed by atoms with Gasteiger partial charge in [0.15, 0.2) is 0 Å². The van der Waals surface area contributed by atoms with Crippen molar-refractivity contribution in [1.82, 2.24) is 10.2 Å². The monoisotopic (exact) mass is 281 g/mol. The number of anilines is 1. The number of nitrogens with zero attached hydrogens (tertiary/aromatic N) is 1. The molecule has 1 aliphatic heterocycles. The predicted molar refractivity (Wildman–Crippen MR) is 80.8 cm³/mol. The maximum Gasteiger partial charge on any atom is 0.319 e. The normalized spacial score (nSPS) is 17.6. The van der Waals surface area contributed by atoms with Gasteiger partial charge in [-0.1, -0.05) is 0 Å². The molecule has 1 saturated heterocycles. The van der Waals surface area contributed by atoms with Crippen molar-refractivity contribution in [3.05, 3.63) is 17.5 Å². The minimum absolute atomic E-state index is 0.0891. The number of urea groups is 1. The molecule has 0 saturated carbocycles. The molecule has 2 N–H and O–H groups in total. The lowest BCUT2D eigenvalue weighted by Gasteiger charge is -2.34. The number of thiophene rings is 1. The van der Waals surface area contributed by atoms with Crippen LogP contribution in [-0.2, 0) is 0 Å². The van der Waals surface area contributed by atoms with Crippen molar-refractivity contribution in [1.29, 1.82) is 0 Å². The molecule has 0 bridgehead atoms. The van der Waals surface area contributed by atoms with Crippen molar-refractivity contribution in [3.63, 3.8) is 0 Å². The number of nitrogens with one attached hydrogen (secondary N) is 2. The van der Waals surface area contributed by atoms with Gasteiger partial charge in [-0.2, -0.15) is 0 Å². The maximum atomic E-state index is 11.7. The largest absolute Gasteiger partial charge is 0.338 e. The Kier molecular flexibility index (Phi) is 5.22. The summed E-state index contributed by atoms with van der Waals surface area (Å²) in [5.41, 5.74) is 0. The van der Waals surface area contributed by atoms with Crippen molar-refractivity contribution >= 4 is 22.4 Å². The van der Waals surface area contributed by atoms with Gasteiger partial charge in [-0.3, -0.25) is 5.32 Å². The molecule has 2 amide bonds. The fourth-order valence-corrected chi connectivity index (χ4v) is 3.03. The Hall–Kier alpha value is -1.07. The van der Waals surface area contributed by atoms with Crippen LogP contribution in [0.4, 0.5) is 9.80 Å². The van der Waals surface area contributed by atoms with Gasteiger partial charge in [0.05, 0.1) is 5.00 Å². The lowest BCUT2D eigenvalue weighted by Crippen LogP contribution is -2.42. The maximum absolute atomic E-state index is 11.7. The summed E-state index contributed by atoms with van der Waals surface area (Å²) in [5.74, 6) is 0.615. The number of carbonyl (C=O) groups excluding carboxylic acids is 1. The van der Waals surface area contributed by atoms with Crippen LogP contribution in [-0.4, -0.2) is 36.6 Å². The number of likely N-dealkylation sites (tertiary alicyclic amines) is 1. The van der Waals surface area contributed by atoms with E-state index in [0.717, 1.165) is 24.6 Å². The molecule has 0 aromatic carbocycles. The van der Waals surface area contributed by atoms with Gasteiger partial charge in [0, 0.05) is 12.6 Å². The van der Waals surface area contributed by atoms with E-state index < -0.39 is 0 Å². The zero-order valence-corrected chi connectivity index (χ0v) is 12.5. The molecule has 0 spiro atoms. The molecule has 19 heavy (non-hydrogen) atoms. The Labute approximate surface area is 119 Å². The summed E-state index contributed by atoms with van der Waals surface area (Å²) in [6.45, 7) is 7.57. The van der Waals surface area contributed by atoms with Crippen LogP contribution in [0.2, 0.25) is 0 Å². The predicted octanol–water partition coefficient (Wildman–Crippen LogP) is 2.99. The number of piperidine rings is 1. The van der Waals surface area contributed by atoms with E-state index in [9.17, 15) is 4.79 Å². The molecule has 2 heterocycles. The van der Waals surface area contributed by atoms with E-state index in [0.29, 0.717) is 12.0 Å². The van der Waals surface area contributed by atoms with Crippen LogP contribution >= 0.6 is 11.3 Å². The highest BCUT2D eigenvalue weighted by Crippen LogP contribution is 2.18. The average Bonchev–Trinajstić information content (AvgIpc) is 2.89. The Bertz CT molecular complexity index is 383. The summed E-state index contributed by atoms with van der Waals surface area (Å²) in [5, 5.41) is 8.67. The first-order chi connectivity index (χ1) is 9.15. The highest BCUT2D eigenvalue weighted by atomic mass is 32.1. The third kappa shape index (κ3) is 4.51. The van der Waals surface area contributed by atoms with E-state index in [2.05, 4.69) is 29.4 Å². The molecule has 1 aromatic rings. The number of amides is 2. The standard InChI is InChI=1S/C14H23N3OS/c1-11(2)17-7-5-12(6-8-17)10-15-14(18)16-13-4-3-9-19-13/h3-4,9,11-12H,5-8,10H2,1-2H3,(H2,15,16,18). The van der Waals surface area contributed by atoms with Gasteiger partial charge in [0.2, 0.25) is 0 Å². The molecule has 0 unspecified atom stereocenters. The molecule has 0 radical (unpaired) electrons. The minimum atomic E-state index is -0.0891. The van der Waals surface area contributed by atoms with E-state index >= 15 is 0 Å². The van der Waals surface area contributed by atoms with Crippen molar-refractivity contribution in [3.8, 4) is 0 Å². The van der Waals surface area contributed by atoms with Crippen LogP contribution < -0.4 is 10.6 Å². The molecule has 0 aliphatic carbocycles. The minimum Gasteiger partial charge on any atom is -0.338 e. The smallest absolute Gasteiger partial charge is 0.319 e. The molecule has 4 nitrogen and oxygen atoms in total. The first kappa shape index (κ1) is 14.3. The molecule has 0 atom stereocenters. The molecular formula is C14H23N3OS. The second-order valence-electron chi connectivity index (χ2n) is 5.39. The summed E-state index contributed by atoms with van der Waals surface area (Å²) in [4.78, 5) is 14.2. The van der Waals surface area contributed by atoms with Gasteiger partial charge in [-0.05, 0) is 63.2 Å². The molecule has 1 fully saturated rings. The molecule has 2 rings (SSSR count). The van der Waals surface area contributed by atoms with E-state index in [1.807, 2.05) is 17.5 Å². The fourth-order valence-electron chi connectivity index (χ4n) is 2.42. The van der Waals surface area contributed by atoms with Crippen LogP contribution in [0.1, 0.15) is 26.7 Å². The van der Waals surface area contributed by atoms with Gasteiger partial charge in [-0.25, -0.2) is 4.79 Å². The number of hydrogen-bond acceptors (Lipinski definition) is 3. The van der Waals surface area contributed by atoms with Crippen molar-refractivity contribution in [2.45, 2.75) is 32.7 Å². The van der Waals surface area contributed by atoms with Crippen LogP contribution in [0.3, 0.4) is 0 Å². The lowest BCUT2D eigenvalue weighted by molar-refractivity contribution is 0.149. The first-order valence-corrected chi connectivity index (χ1v) is 7.85. The topological polar surface area (TPSA) is 44.4 Å². The lowest BCUT2D eigenvalue weighted by atomic mass is 9.96. The third-order valence-electron chi connectivity index (χ3n) is 3.69. The average molecular weight is 281 g/mol. The number of hydrogen-bond donors (Lipinski definition) is 2. The van der Waals surface area contributed by atoms with Gasteiger partial charge in [0.1, 0.15) is 0 Å². The zero-order chi connectivity index (χ0) is 13.7. The van der Waals surface area contributed by atoms with Gasteiger partial charge >= 0.3 is 6.03 Å². The number of carbonyl (C=O) groups is 1. The SMILES string of the molecule is CC(C)N1CCC(CNC(=O)Nc2cccs2)CC1. The Morgan fingerprint density at radius 3 is 2.79 bits per heavy atom. The molecule has 106 valence electrons. The highest BCUT2D eigenvalue weighted by Gasteiger charge is 2.20. The van der Waals surface area contributed by atoms with Crippen LogP contribution in [0, 0.1) is 5.92 Å². The number of rotatable bonds is 4. The summed E-state index contributed by atoms with van der Waals surface area (Å²) in [7, 11) is 0. The Balaban J connectivity index is 1.65.